The summed E-state index contributed by atoms with van der Waals surface area (Å²) in [5, 5.41) is 5.06. The number of hydrogen-bond acceptors (Lipinski definition) is 13. The maximum atomic E-state index is 13.2. The molecule has 2 N–H and O–H groups in total. The summed E-state index contributed by atoms with van der Waals surface area (Å²) in [5.41, 5.74) is 4.59. The van der Waals surface area contributed by atoms with Crippen LogP contribution in [0.4, 0.5) is 15.3 Å². The molecule has 16 nitrogen and oxygen atoms in total. The van der Waals surface area contributed by atoms with Gasteiger partial charge >= 0.3 is 30.1 Å². The number of methoxy groups -OCH3 is 1. The Morgan fingerprint density at radius 2 is 1.51 bits per heavy atom. The predicted octanol–water partition coefficient (Wildman–Crippen LogP) is 4.03. The van der Waals surface area contributed by atoms with Gasteiger partial charge < -0.3 is 43.8 Å². The zero-order valence-electron chi connectivity index (χ0n) is 29.0. The molecule has 0 spiro atoms. The first kappa shape index (κ1) is 38.0. The molecule has 5 rings (SSSR count). The number of nitrogens with zero attached hydrogens (tertiary/aromatic N) is 1. The molecular weight excluding hydrogens is 694 g/mol. The molecule has 1 aliphatic carbocycles. The molecule has 278 valence electrons. The van der Waals surface area contributed by atoms with Crippen LogP contribution < -0.4 is 15.4 Å². The SMILES string of the molecule is C=NC(=O)OCc1ccc(O[C@@H]2O[C@H](C(=O)OC)[C@@H](OC(C)=O)C[C@H]2OC(C)=O)c(NC(=O)CNC(=O)OCC2c3ccccc3-c3ccccc32)c1. The van der Waals surface area contributed by atoms with Gasteiger partial charge in [-0.3, -0.25) is 14.4 Å². The summed E-state index contributed by atoms with van der Waals surface area (Å²) in [4.78, 5) is 77.0. The molecule has 0 bridgehead atoms. The first-order valence-corrected chi connectivity index (χ1v) is 16.4. The van der Waals surface area contributed by atoms with Gasteiger partial charge in [-0.1, -0.05) is 54.6 Å². The largest absolute Gasteiger partial charge is 0.467 e. The number of rotatable bonds is 12. The topological polar surface area (TPSA) is 203 Å². The molecule has 0 saturated carbocycles. The van der Waals surface area contributed by atoms with E-state index in [9.17, 15) is 28.8 Å². The third-order valence-electron chi connectivity index (χ3n) is 8.24. The molecule has 2 aliphatic rings. The minimum Gasteiger partial charge on any atom is -0.467 e. The van der Waals surface area contributed by atoms with Crippen molar-refractivity contribution in [3.63, 3.8) is 0 Å². The number of carbonyl (C=O) groups is 6. The van der Waals surface area contributed by atoms with Crippen molar-refractivity contribution in [3.05, 3.63) is 83.4 Å². The number of aliphatic imine (C=N–C) groups is 1. The zero-order chi connectivity index (χ0) is 38.1. The van der Waals surface area contributed by atoms with E-state index in [-0.39, 0.29) is 37.0 Å². The Balaban J connectivity index is 1.29. The van der Waals surface area contributed by atoms with Gasteiger partial charge in [-0.25, -0.2) is 14.4 Å². The number of hydrogen-bond donors (Lipinski definition) is 2. The Kier molecular flexibility index (Phi) is 12.4. The maximum Gasteiger partial charge on any atom is 0.433 e. The second-order valence-corrected chi connectivity index (χ2v) is 11.9. The van der Waals surface area contributed by atoms with Crippen LogP contribution in [0, 0.1) is 0 Å². The van der Waals surface area contributed by atoms with Crippen molar-refractivity contribution in [3.8, 4) is 16.9 Å². The van der Waals surface area contributed by atoms with Gasteiger partial charge in [-0.2, -0.15) is 4.99 Å². The molecule has 1 saturated heterocycles. The molecule has 16 heteroatoms. The van der Waals surface area contributed by atoms with Crippen molar-refractivity contribution < 1.29 is 61.9 Å². The van der Waals surface area contributed by atoms with E-state index in [1.807, 2.05) is 48.5 Å². The molecule has 1 heterocycles. The van der Waals surface area contributed by atoms with Crippen molar-refractivity contribution in [1.82, 2.24) is 5.32 Å². The van der Waals surface area contributed by atoms with Crippen LogP contribution in [0.2, 0.25) is 0 Å². The fourth-order valence-electron chi connectivity index (χ4n) is 6.03. The zero-order valence-corrected chi connectivity index (χ0v) is 29.0. The average Bonchev–Trinajstić information content (AvgIpc) is 3.46. The summed E-state index contributed by atoms with van der Waals surface area (Å²) in [6, 6.07) is 20.0. The van der Waals surface area contributed by atoms with Crippen molar-refractivity contribution in [2.45, 2.75) is 57.4 Å². The summed E-state index contributed by atoms with van der Waals surface area (Å²) in [7, 11) is 1.11. The molecule has 53 heavy (non-hydrogen) atoms. The summed E-state index contributed by atoms with van der Waals surface area (Å²) in [5.74, 6) is -3.23. The van der Waals surface area contributed by atoms with Gasteiger partial charge in [0, 0.05) is 26.2 Å². The minimum absolute atomic E-state index is 0.0198. The Hall–Kier alpha value is -6.29. The highest BCUT2D eigenvalue weighted by molar-refractivity contribution is 5.95. The monoisotopic (exact) mass is 731 g/mol. The van der Waals surface area contributed by atoms with E-state index in [2.05, 4.69) is 22.3 Å². The summed E-state index contributed by atoms with van der Waals surface area (Å²) >= 11 is 0. The third-order valence-corrected chi connectivity index (χ3v) is 8.24. The van der Waals surface area contributed by atoms with Gasteiger partial charge in [-0.15, -0.1) is 0 Å². The summed E-state index contributed by atoms with van der Waals surface area (Å²) < 4.78 is 37.8. The maximum absolute atomic E-state index is 13.2. The third kappa shape index (κ3) is 9.53. The number of amides is 3. The van der Waals surface area contributed by atoms with Crippen LogP contribution in [0.25, 0.3) is 11.1 Å². The predicted molar refractivity (Wildman–Crippen MR) is 185 cm³/mol. The van der Waals surface area contributed by atoms with Gasteiger partial charge in [0.05, 0.1) is 12.8 Å². The van der Waals surface area contributed by atoms with E-state index >= 15 is 0 Å². The van der Waals surface area contributed by atoms with Crippen LogP contribution in [0.15, 0.2) is 71.7 Å². The molecule has 3 aromatic carbocycles. The molecule has 0 unspecified atom stereocenters. The van der Waals surface area contributed by atoms with E-state index in [0.717, 1.165) is 43.2 Å². The van der Waals surface area contributed by atoms with Crippen LogP contribution >= 0.6 is 0 Å². The van der Waals surface area contributed by atoms with E-state index in [1.165, 1.54) is 18.2 Å². The number of esters is 3. The second kappa shape index (κ2) is 17.3. The molecule has 1 fully saturated rings. The van der Waals surface area contributed by atoms with Crippen molar-refractivity contribution >= 4 is 48.4 Å². The van der Waals surface area contributed by atoms with Crippen LogP contribution in [-0.2, 0) is 54.2 Å². The van der Waals surface area contributed by atoms with Crippen LogP contribution in [0.5, 0.6) is 5.75 Å². The van der Waals surface area contributed by atoms with Crippen LogP contribution in [0.3, 0.4) is 0 Å². The van der Waals surface area contributed by atoms with E-state index < -0.39 is 67.1 Å². The number of benzene rings is 3. The molecule has 0 radical (unpaired) electrons. The Labute approximate surface area is 303 Å². The summed E-state index contributed by atoms with van der Waals surface area (Å²) in [6.45, 7) is 4.66. The molecule has 4 atom stereocenters. The first-order valence-electron chi connectivity index (χ1n) is 16.4. The van der Waals surface area contributed by atoms with Crippen molar-refractivity contribution in [2.24, 2.45) is 4.99 Å². The highest BCUT2D eigenvalue weighted by atomic mass is 16.7. The van der Waals surface area contributed by atoms with E-state index in [1.54, 1.807) is 0 Å². The Bertz CT molecular complexity index is 1850. The second-order valence-electron chi connectivity index (χ2n) is 11.9. The average molecular weight is 732 g/mol. The number of carbonyl (C=O) groups excluding carboxylic acids is 6. The Morgan fingerprint density at radius 1 is 0.868 bits per heavy atom. The number of nitrogens with one attached hydrogen (secondary N) is 2. The lowest BCUT2D eigenvalue weighted by Crippen LogP contribution is -2.55. The molecule has 1 aliphatic heterocycles. The van der Waals surface area contributed by atoms with Gasteiger partial charge in [0.25, 0.3) is 0 Å². The standard InChI is InChI=1S/C37H37N3O13/c1-20(41)50-30-16-31(51-21(2)42)35(53-33(30)34(44)47-4)52-29-14-13-22(18-48-36(45)38-3)15-28(29)40-32(43)17-39-37(46)49-19-27-25-11-7-5-9-23(25)24-10-6-8-12-26(24)27/h5-15,27,30-31,33,35H,3,16-19H2,1-2,4H3,(H,39,46)(H,40,43)/t30-,31+,33-,35+/m0/s1. The van der Waals surface area contributed by atoms with Crippen LogP contribution in [-0.4, -0.2) is 87.6 Å². The normalized spacial score (nSPS) is 18.6. The molecule has 0 aromatic heterocycles. The van der Waals surface area contributed by atoms with Crippen molar-refractivity contribution in [1.29, 1.82) is 0 Å². The number of ether oxygens (including phenoxy) is 7. The minimum atomic E-state index is -1.46. The highest BCUT2D eigenvalue weighted by Gasteiger charge is 2.47. The lowest BCUT2D eigenvalue weighted by atomic mass is 9.98. The van der Waals surface area contributed by atoms with Gasteiger partial charge in [0.1, 0.15) is 31.6 Å². The first-order chi connectivity index (χ1) is 25.5. The van der Waals surface area contributed by atoms with Gasteiger partial charge in [0.15, 0.2) is 12.2 Å². The Morgan fingerprint density at radius 3 is 2.13 bits per heavy atom. The van der Waals surface area contributed by atoms with Crippen LogP contribution in [0.1, 0.15) is 42.9 Å². The smallest absolute Gasteiger partial charge is 0.433 e. The number of fused-ring (bicyclic) bond motifs is 3. The fraction of sp³-hybridized carbons (Fsp3) is 0.324. The number of alkyl carbamates (subject to hydrolysis) is 1. The van der Waals surface area contributed by atoms with E-state index in [4.69, 9.17) is 33.2 Å². The fourth-order valence-corrected chi connectivity index (χ4v) is 6.03. The highest BCUT2D eigenvalue weighted by Crippen LogP contribution is 2.44. The quantitative estimate of drug-likeness (QED) is 0.154. The lowest BCUT2D eigenvalue weighted by Gasteiger charge is -2.38. The van der Waals surface area contributed by atoms with Crippen molar-refractivity contribution in [2.75, 3.05) is 25.6 Å². The molecular formula is C37H37N3O13. The lowest BCUT2D eigenvalue weighted by molar-refractivity contribution is -0.248. The summed E-state index contributed by atoms with van der Waals surface area (Å²) in [6.07, 6.45) is -7.23. The number of anilines is 1. The molecule has 3 aromatic rings. The van der Waals surface area contributed by atoms with Gasteiger partial charge in [-0.05, 0) is 46.7 Å². The van der Waals surface area contributed by atoms with E-state index in [0.29, 0.717) is 5.56 Å². The molecule has 3 amide bonds. The van der Waals surface area contributed by atoms with Gasteiger partial charge in [0.2, 0.25) is 12.2 Å².